The quantitative estimate of drug-likeness (QED) is 0.818. The third-order valence-electron chi connectivity index (χ3n) is 4.52. The van der Waals surface area contributed by atoms with E-state index in [0.29, 0.717) is 29.8 Å². The van der Waals surface area contributed by atoms with Gasteiger partial charge in [0.1, 0.15) is 5.82 Å². The molecule has 1 aromatic carbocycles. The van der Waals surface area contributed by atoms with Gasteiger partial charge in [-0.1, -0.05) is 6.07 Å². The maximum Gasteiger partial charge on any atom is 0.337 e. The first kappa shape index (κ1) is 17.3. The lowest BCUT2D eigenvalue weighted by Crippen LogP contribution is -2.47. The molecule has 7 heteroatoms. The molecule has 1 aromatic rings. The van der Waals surface area contributed by atoms with E-state index in [9.17, 15) is 14.0 Å². The molecule has 0 bridgehead atoms. The van der Waals surface area contributed by atoms with Crippen LogP contribution in [-0.2, 0) is 16.0 Å². The van der Waals surface area contributed by atoms with E-state index in [-0.39, 0.29) is 25.0 Å². The van der Waals surface area contributed by atoms with Crippen molar-refractivity contribution in [3.05, 3.63) is 40.3 Å². The van der Waals surface area contributed by atoms with Crippen LogP contribution in [0.25, 0.3) is 0 Å². The van der Waals surface area contributed by atoms with Crippen molar-refractivity contribution in [1.29, 1.82) is 0 Å². The fraction of sp³-hybridized carbons (Fsp3) is 0.444. The number of aryl methyl sites for hydroxylation is 1. The Balaban J connectivity index is 1.94. The molecule has 0 aliphatic carbocycles. The lowest BCUT2D eigenvalue weighted by Gasteiger charge is -2.35. The molecule has 6 nitrogen and oxygen atoms in total. The summed E-state index contributed by atoms with van der Waals surface area (Å²) in [6, 6.07) is 2.90. The summed E-state index contributed by atoms with van der Waals surface area (Å²) < 4.78 is 19.3. The highest BCUT2D eigenvalue weighted by Gasteiger charge is 2.28. The number of carbonyl (C=O) groups excluding carboxylic acids is 2. The molecule has 0 radical (unpaired) electrons. The Kier molecular flexibility index (Phi) is 4.92. The third kappa shape index (κ3) is 3.45. The van der Waals surface area contributed by atoms with Crippen molar-refractivity contribution in [2.24, 2.45) is 0 Å². The molecule has 0 saturated heterocycles. The molecule has 0 aromatic heterocycles. The molecule has 3 rings (SSSR count). The second kappa shape index (κ2) is 7.13. The van der Waals surface area contributed by atoms with Crippen molar-refractivity contribution in [1.82, 2.24) is 10.6 Å². The SMILES string of the molecule is CCOC(=O)C1=C(CN2CCCc3c(F)ccc(C)c32)NC(=O)NC1. The van der Waals surface area contributed by atoms with Gasteiger partial charge in [-0.05, 0) is 38.3 Å². The fourth-order valence-corrected chi connectivity index (χ4v) is 3.39. The zero-order valence-electron chi connectivity index (χ0n) is 14.4. The number of hydrogen-bond acceptors (Lipinski definition) is 4. The summed E-state index contributed by atoms with van der Waals surface area (Å²) in [6.45, 7) is 5.14. The zero-order chi connectivity index (χ0) is 18.0. The number of urea groups is 1. The second-order valence-corrected chi connectivity index (χ2v) is 6.20. The average molecular weight is 347 g/mol. The van der Waals surface area contributed by atoms with Crippen LogP contribution in [0.4, 0.5) is 14.9 Å². The minimum absolute atomic E-state index is 0.128. The van der Waals surface area contributed by atoms with Gasteiger partial charge in [-0.15, -0.1) is 0 Å². The zero-order valence-corrected chi connectivity index (χ0v) is 14.4. The maximum atomic E-state index is 14.2. The van der Waals surface area contributed by atoms with Crippen molar-refractivity contribution >= 4 is 17.7 Å². The van der Waals surface area contributed by atoms with Crippen LogP contribution in [0.1, 0.15) is 24.5 Å². The Hall–Kier alpha value is -2.57. The van der Waals surface area contributed by atoms with Crippen LogP contribution in [0.15, 0.2) is 23.4 Å². The Morgan fingerprint density at radius 3 is 2.96 bits per heavy atom. The number of anilines is 1. The molecule has 2 N–H and O–H groups in total. The number of esters is 1. The number of amides is 2. The van der Waals surface area contributed by atoms with Gasteiger partial charge < -0.3 is 20.3 Å². The molecule has 134 valence electrons. The molecule has 0 atom stereocenters. The van der Waals surface area contributed by atoms with E-state index in [1.807, 2.05) is 11.8 Å². The molecular formula is C18H22FN3O3. The summed E-state index contributed by atoms with van der Waals surface area (Å²) in [5.41, 5.74) is 3.45. The van der Waals surface area contributed by atoms with Gasteiger partial charge in [0.2, 0.25) is 0 Å². The number of halogens is 1. The van der Waals surface area contributed by atoms with Gasteiger partial charge in [0.15, 0.2) is 0 Å². The Labute approximate surface area is 146 Å². The molecule has 2 heterocycles. The van der Waals surface area contributed by atoms with Crippen LogP contribution in [-0.4, -0.2) is 38.2 Å². The van der Waals surface area contributed by atoms with E-state index >= 15 is 0 Å². The van der Waals surface area contributed by atoms with Gasteiger partial charge in [-0.3, -0.25) is 0 Å². The Bertz CT molecular complexity index is 745. The summed E-state index contributed by atoms with van der Waals surface area (Å²) >= 11 is 0. The monoisotopic (exact) mass is 347 g/mol. The number of rotatable bonds is 4. The summed E-state index contributed by atoms with van der Waals surface area (Å²) in [6.07, 6.45) is 1.51. The normalized spacial score (nSPS) is 16.9. The minimum Gasteiger partial charge on any atom is -0.463 e. The summed E-state index contributed by atoms with van der Waals surface area (Å²) in [5.74, 6) is -0.655. The molecular weight excluding hydrogens is 325 g/mol. The van der Waals surface area contributed by atoms with Gasteiger partial charge >= 0.3 is 12.0 Å². The van der Waals surface area contributed by atoms with Crippen molar-refractivity contribution in [3.63, 3.8) is 0 Å². The predicted octanol–water partition coefficient (Wildman–Crippen LogP) is 2.02. The number of hydrogen-bond donors (Lipinski definition) is 2. The highest BCUT2D eigenvalue weighted by molar-refractivity contribution is 5.94. The van der Waals surface area contributed by atoms with Gasteiger partial charge in [0.05, 0.1) is 31.0 Å². The predicted molar refractivity (Wildman–Crippen MR) is 91.9 cm³/mol. The largest absolute Gasteiger partial charge is 0.463 e. The van der Waals surface area contributed by atoms with Crippen LogP contribution in [0, 0.1) is 12.7 Å². The highest BCUT2D eigenvalue weighted by Crippen LogP contribution is 2.33. The van der Waals surface area contributed by atoms with Gasteiger partial charge in [0, 0.05) is 17.8 Å². The molecule has 0 spiro atoms. The lowest BCUT2D eigenvalue weighted by molar-refractivity contribution is -0.138. The standard InChI is InChI=1S/C18H22FN3O3/c1-3-25-17(23)13-9-20-18(24)21-15(13)10-22-8-4-5-12-14(19)7-6-11(2)16(12)22/h6-7H,3-5,8-10H2,1-2H3,(H2,20,21,24). The number of carbonyl (C=O) groups is 2. The van der Waals surface area contributed by atoms with Crippen LogP contribution in [0.3, 0.4) is 0 Å². The van der Waals surface area contributed by atoms with Crippen molar-refractivity contribution in [2.45, 2.75) is 26.7 Å². The summed E-state index contributed by atoms with van der Waals surface area (Å²) in [7, 11) is 0. The van der Waals surface area contributed by atoms with E-state index in [1.165, 1.54) is 6.07 Å². The highest BCUT2D eigenvalue weighted by atomic mass is 19.1. The molecule has 2 aliphatic heterocycles. The summed E-state index contributed by atoms with van der Waals surface area (Å²) in [4.78, 5) is 25.9. The first-order valence-corrected chi connectivity index (χ1v) is 8.48. The molecule has 0 fully saturated rings. The topological polar surface area (TPSA) is 70.7 Å². The van der Waals surface area contributed by atoms with Crippen LogP contribution in [0.5, 0.6) is 0 Å². The molecule has 25 heavy (non-hydrogen) atoms. The van der Waals surface area contributed by atoms with E-state index in [0.717, 1.165) is 24.2 Å². The molecule has 2 aliphatic rings. The fourth-order valence-electron chi connectivity index (χ4n) is 3.39. The molecule has 0 unspecified atom stereocenters. The van der Waals surface area contributed by atoms with Gasteiger partial charge in [-0.2, -0.15) is 0 Å². The number of benzene rings is 1. The second-order valence-electron chi connectivity index (χ2n) is 6.20. The average Bonchev–Trinajstić information content (AvgIpc) is 2.58. The van der Waals surface area contributed by atoms with Crippen molar-refractivity contribution in [2.75, 3.05) is 31.1 Å². The van der Waals surface area contributed by atoms with Gasteiger partial charge in [0.25, 0.3) is 0 Å². The Morgan fingerprint density at radius 2 is 2.20 bits per heavy atom. The Morgan fingerprint density at radius 1 is 1.40 bits per heavy atom. The number of nitrogens with one attached hydrogen (secondary N) is 2. The maximum absolute atomic E-state index is 14.2. The number of ether oxygens (including phenoxy) is 1. The van der Waals surface area contributed by atoms with Crippen LogP contribution >= 0.6 is 0 Å². The first-order chi connectivity index (χ1) is 12.0. The number of fused-ring (bicyclic) bond motifs is 1. The lowest BCUT2D eigenvalue weighted by atomic mass is 9.97. The van der Waals surface area contributed by atoms with E-state index < -0.39 is 5.97 Å². The van der Waals surface area contributed by atoms with Crippen LogP contribution < -0.4 is 15.5 Å². The number of nitrogens with zero attached hydrogens (tertiary/aromatic N) is 1. The molecule has 0 saturated carbocycles. The van der Waals surface area contributed by atoms with E-state index in [1.54, 1.807) is 13.0 Å². The summed E-state index contributed by atoms with van der Waals surface area (Å²) in [5, 5.41) is 5.30. The minimum atomic E-state index is -0.446. The van der Waals surface area contributed by atoms with Gasteiger partial charge in [-0.25, -0.2) is 14.0 Å². The van der Waals surface area contributed by atoms with Crippen molar-refractivity contribution < 1.29 is 18.7 Å². The van der Waals surface area contributed by atoms with E-state index in [2.05, 4.69) is 10.6 Å². The van der Waals surface area contributed by atoms with E-state index in [4.69, 9.17) is 4.74 Å². The first-order valence-electron chi connectivity index (χ1n) is 8.48. The van der Waals surface area contributed by atoms with Crippen molar-refractivity contribution in [3.8, 4) is 0 Å². The third-order valence-corrected chi connectivity index (χ3v) is 4.52. The molecule has 2 amide bonds. The van der Waals surface area contributed by atoms with Crippen LogP contribution in [0.2, 0.25) is 0 Å². The smallest absolute Gasteiger partial charge is 0.337 e.